The Labute approximate surface area is 174 Å². The Kier molecular flexibility index (Phi) is 12.0. The van der Waals surface area contributed by atoms with Crippen molar-refractivity contribution >= 4 is 0 Å². The molecular weight excluding hydrogens is 344 g/mol. The molecule has 1 aromatic carbocycles. The minimum atomic E-state index is 0.112. The minimum Gasteiger partial charge on any atom is -0.508 e. The van der Waals surface area contributed by atoms with Crippen LogP contribution in [0, 0.1) is 17.8 Å². The number of benzene rings is 1. The minimum absolute atomic E-state index is 0.112. The van der Waals surface area contributed by atoms with Gasteiger partial charge >= 0.3 is 0 Å². The largest absolute Gasteiger partial charge is 0.508 e. The van der Waals surface area contributed by atoms with Gasteiger partial charge in [0.15, 0.2) is 0 Å². The average Bonchev–Trinajstić information content (AvgIpc) is 2.60. The Hall–Kier alpha value is -1.44. The van der Waals surface area contributed by atoms with Crippen molar-refractivity contribution in [2.45, 2.75) is 98.8 Å². The van der Waals surface area contributed by atoms with E-state index in [1.54, 1.807) is 12.1 Å². The Bertz CT molecular complexity index is 574. The van der Waals surface area contributed by atoms with Crippen LogP contribution in [0.15, 0.2) is 29.8 Å². The third-order valence-electron chi connectivity index (χ3n) is 5.88. The number of rotatable bonds is 14. The molecule has 1 rings (SSSR count). The molecule has 1 aromatic rings. The van der Waals surface area contributed by atoms with E-state index in [0.29, 0.717) is 0 Å². The average molecular weight is 389 g/mol. The summed E-state index contributed by atoms with van der Waals surface area (Å²) in [6.07, 6.45) is 14.9. The van der Waals surface area contributed by atoms with Gasteiger partial charge in [0.25, 0.3) is 0 Å². The highest BCUT2D eigenvalue weighted by molar-refractivity contribution is 5.40. The number of phenols is 2. The van der Waals surface area contributed by atoms with Gasteiger partial charge in [-0.2, -0.15) is 0 Å². The second-order valence-corrected chi connectivity index (χ2v) is 9.43. The van der Waals surface area contributed by atoms with E-state index < -0.39 is 0 Å². The lowest BCUT2D eigenvalue weighted by Gasteiger charge is -2.15. The summed E-state index contributed by atoms with van der Waals surface area (Å²) in [4.78, 5) is 0. The van der Waals surface area contributed by atoms with Crippen LogP contribution in [0.3, 0.4) is 0 Å². The van der Waals surface area contributed by atoms with E-state index in [2.05, 4.69) is 40.7 Å². The summed E-state index contributed by atoms with van der Waals surface area (Å²) in [5.74, 6) is 2.83. The van der Waals surface area contributed by atoms with E-state index in [-0.39, 0.29) is 11.5 Å². The zero-order chi connectivity index (χ0) is 20.9. The van der Waals surface area contributed by atoms with Crippen molar-refractivity contribution in [1.29, 1.82) is 0 Å². The van der Waals surface area contributed by atoms with Crippen LogP contribution in [0.1, 0.15) is 98.0 Å². The molecule has 2 N–H and O–H groups in total. The van der Waals surface area contributed by atoms with E-state index in [1.165, 1.54) is 63.0 Å². The summed E-state index contributed by atoms with van der Waals surface area (Å²) in [5, 5.41) is 19.2. The smallest absolute Gasteiger partial charge is 0.122 e. The van der Waals surface area contributed by atoms with Crippen LogP contribution >= 0.6 is 0 Å². The van der Waals surface area contributed by atoms with Crippen molar-refractivity contribution in [3.8, 4) is 11.5 Å². The second-order valence-electron chi connectivity index (χ2n) is 9.43. The molecule has 2 nitrogen and oxygen atoms in total. The number of hydrogen-bond donors (Lipinski definition) is 2. The van der Waals surface area contributed by atoms with Crippen LogP contribution in [-0.4, -0.2) is 10.2 Å². The first-order valence-electron chi connectivity index (χ1n) is 11.4. The molecule has 160 valence electrons. The Morgan fingerprint density at radius 1 is 0.857 bits per heavy atom. The highest BCUT2D eigenvalue weighted by Crippen LogP contribution is 2.25. The molecule has 0 radical (unpaired) electrons. The summed E-state index contributed by atoms with van der Waals surface area (Å²) in [6.45, 7) is 11.6. The SMILES string of the molecule is CC(=CCc1ccc(O)cc1O)CCCC(C)CCCC(C)CCCC(C)C. The molecule has 0 amide bonds. The molecule has 2 heteroatoms. The van der Waals surface area contributed by atoms with Gasteiger partial charge in [0, 0.05) is 6.07 Å². The fourth-order valence-electron chi connectivity index (χ4n) is 3.82. The molecule has 28 heavy (non-hydrogen) atoms. The summed E-state index contributed by atoms with van der Waals surface area (Å²) in [5.41, 5.74) is 2.26. The van der Waals surface area contributed by atoms with Crippen LogP contribution in [0.25, 0.3) is 0 Å². The first-order valence-corrected chi connectivity index (χ1v) is 11.4. The Morgan fingerprint density at radius 3 is 2.00 bits per heavy atom. The third-order valence-corrected chi connectivity index (χ3v) is 5.88. The van der Waals surface area contributed by atoms with Gasteiger partial charge in [-0.3, -0.25) is 0 Å². The van der Waals surface area contributed by atoms with Crippen LogP contribution in [0.4, 0.5) is 0 Å². The molecule has 0 aliphatic carbocycles. The van der Waals surface area contributed by atoms with E-state index in [9.17, 15) is 10.2 Å². The van der Waals surface area contributed by atoms with Crippen molar-refractivity contribution < 1.29 is 10.2 Å². The van der Waals surface area contributed by atoms with Gasteiger partial charge in [-0.05, 0) is 55.6 Å². The third kappa shape index (κ3) is 11.4. The number of aromatic hydroxyl groups is 2. The fraction of sp³-hybridized carbons (Fsp3) is 0.692. The molecule has 2 unspecified atom stereocenters. The van der Waals surface area contributed by atoms with Gasteiger partial charge in [-0.15, -0.1) is 0 Å². The number of phenolic OH excluding ortho intramolecular Hbond substituents is 2. The van der Waals surface area contributed by atoms with E-state index in [1.807, 2.05) is 0 Å². The lowest BCUT2D eigenvalue weighted by atomic mass is 9.91. The van der Waals surface area contributed by atoms with Crippen molar-refractivity contribution in [1.82, 2.24) is 0 Å². The van der Waals surface area contributed by atoms with Gasteiger partial charge in [-0.1, -0.05) is 90.4 Å². The lowest BCUT2D eigenvalue weighted by molar-refractivity contribution is 0.389. The van der Waals surface area contributed by atoms with Gasteiger partial charge in [0.2, 0.25) is 0 Å². The van der Waals surface area contributed by atoms with E-state index in [4.69, 9.17) is 0 Å². The van der Waals surface area contributed by atoms with Crippen molar-refractivity contribution in [3.05, 3.63) is 35.4 Å². The monoisotopic (exact) mass is 388 g/mol. The first-order chi connectivity index (χ1) is 13.3. The quantitative estimate of drug-likeness (QED) is 0.317. The lowest BCUT2D eigenvalue weighted by Crippen LogP contribution is -2.00. The number of hydrogen-bond acceptors (Lipinski definition) is 2. The summed E-state index contributed by atoms with van der Waals surface area (Å²) in [6, 6.07) is 4.83. The molecule has 0 saturated carbocycles. The summed E-state index contributed by atoms with van der Waals surface area (Å²) in [7, 11) is 0. The topological polar surface area (TPSA) is 40.5 Å². The van der Waals surface area contributed by atoms with Crippen molar-refractivity contribution in [2.24, 2.45) is 17.8 Å². The highest BCUT2D eigenvalue weighted by atomic mass is 16.3. The molecular formula is C26H44O2. The first kappa shape index (κ1) is 24.6. The normalized spacial score (nSPS) is 14.4. The molecule has 0 bridgehead atoms. The standard InChI is InChI=1S/C26H44O2/c1-20(2)9-6-10-21(3)11-7-12-22(4)13-8-14-23(5)15-16-24-17-18-25(27)19-26(24)28/h15,17-22,27-28H,6-14,16H2,1-5H3. The second kappa shape index (κ2) is 13.7. The maximum absolute atomic E-state index is 9.86. The van der Waals surface area contributed by atoms with Crippen molar-refractivity contribution in [3.63, 3.8) is 0 Å². The van der Waals surface area contributed by atoms with Gasteiger partial charge in [0.1, 0.15) is 11.5 Å². The zero-order valence-corrected chi connectivity index (χ0v) is 19.0. The Balaban J connectivity index is 2.15. The van der Waals surface area contributed by atoms with Crippen molar-refractivity contribution in [2.75, 3.05) is 0 Å². The summed E-state index contributed by atoms with van der Waals surface area (Å²) >= 11 is 0. The van der Waals surface area contributed by atoms with Crippen LogP contribution in [0.5, 0.6) is 11.5 Å². The summed E-state index contributed by atoms with van der Waals surface area (Å²) < 4.78 is 0. The molecule has 0 heterocycles. The molecule has 2 atom stereocenters. The fourth-order valence-corrected chi connectivity index (χ4v) is 3.82. The van der Waals surface area contributed by atoms with Crippen LogP contribution < -0.4 is 0 Å². The van der Waals surface area contributed by atoms with Gasteiger partial charge in [0.05, 0.1) is 0 Å². The molecule has 0 aromatic heterocycles. The predicted molar refractivity (Wildman–Crippen MR) is 122 cm³/mol. The zero-order valence-electron chi connectivity index (χ0n) is 19.0. The van der Waals surface area contributed by atoms with Crippen LogP contribution in [-0.2, 0) is 6.42 Å². The maximum atomic E-state index is 9.86. The molecule has 0 fully saturated rings. The molecule has 0 spiro atoms. The molecule has 0 aliphatic rings. The predicted octanol–water partition coefficient (Wildman–Crippen LogP) is 8.03. The molecule has 0 aliphatic heterocycles. The Morgan fingerprint density at radius 2 is 1.43 bits per heavy atom. The molecule has 0 saturated heterocycles. The van der Waals surface area contributed by atoms with Gasteiger partial charge in [-0.25, -0.2) is 0 Å². The van der Waals surface area contributed by atoms with Crippen LogP contribution in [0.2, 0.25) is 0 Å². The van der Waals surface area contributed by atoms with E-state index in [0.717, 1.165) is 36.2 Å². The highest BCUT2D eigenvalue weighted by Gasteiger charge is 2.07. The maximum Gasteiger partial charge on any atom is 0.122 e. The number of allylic oxidation sites excluding steroid dienone is 2. The van der Waals surface area contributed by atoms with E-state index >= 15 is 0 Å². The van der Waals surface area contributed by atoms with Gasteiger partial charge < -0.3 is 10.2 Å².